The highest BCUT2D eigenvalue weighted by Gasteiger charge is 2.21. The fraction of sp³-hybridized carbons (Fsp3) is 0.333. The first-order valence-corrected chi connectivity index (χ1v) is 8.52. The molecule has 0 radical (unpaired) electrons. The van der Waals surface area contributed by atoms with Gasteiger partial charge < -0.3 is 10.6 Å². The van der Waals surface area contributed by atoms with Crippen molar-refractivity contribution in [2.75, 3.05) is 23.7 Å². The number of rotatable bonds is 3. The summed E-state index contributed by atoms with van der Waals surface area (Å²) in [5.41, 5.74) is 8.47. The average molecular weight is 353 g/mol. The first-order valence-electron chi connectivity index (χ1n) is 7.77. The zero-order valence-corrected chi connectivity index (χ0v) is 14.2. The Morgan fingerprint density at radius 3 is 2.43 bits per heavy atom. The number of anilines is 2. The Labute approximate surface area is 146 Å². The van der Waals surface area contributed by atoms with Gasteiger partial charge in [-0.1, -0.05) is 29.3 Å². The molecule has 3 rings (SSSR count). The monoisotopic (exact) mass is 352 g/mol. The van der Waals surface area contributed by atoms with Gasteiger partial charge in [0.15, 0.2) is 0 Å². The zero-order chi connectivity index (χ0) is 16.4. The van der Waals surface area contributed by atoms with E-state index >= 15 is 0 Å². The summed E-state index contributed by atoms with van der Waals surface area (Å²) in [6.07, 6.45) is 3.01. The Kier molecular flexibility index (Phi) is 4.98. The molecule has 1 fully saturated rings. The highest BCUT2D eigenvalue weighted by molar-refractivity contribution is 6.33. The van der Waals surface area contributed by atoms with Gasteiger partial charge in [-0.15, -0.1) is 0 Å². The standard InChI is InChI=1S/C18H19Cl2FN2/c19-15-3-1-13(10-17(15)21)9-12-5-7-23(8-6-12)18-4-2-14(22)11-16(18)20/h1-4,10-12H,5-9,22H2. The van der Waals surface area contributed by atoms with E-state index in [1.807, 2.05) is 18.2 Å². The van der Waals surface area contributed by atoms with Crippen molar-refractivity contribution >= 4 is 34.6 Å². The van der Waals surface area contributed by atoms with Gasteiger partial charge in [0.05, 0.1) is 15.7 Å². The second kappa shape index (κ2) is 6.98. The van der Waals surface area contributed by atoms with Gasteiger partial charge in [-0.25, -0.2) is 4.39 Å². The van der Waals surface area contributed by atoms with Gasteiger partial charge in [0, 0.05) is 18.8 Å². The molecule has 1 heterocycles. The van der Waals surface area contributed by atoms with Crippen LogP contribution in [0.4, 0.5) is 15.8 Å². The fourth-order valence-corrected chi connectivity index (χ4v) is 3.58. The van der Waals surface area contributed by atoms with Gasteiger partial charge in [0.1, 0.15) is 5.82 Å². The van der Waals surface area contributed by atoms with Crippen molar-refractivity contribution in [3.63, 3.8) is 0 Å². The lowest BCUT2D eigenvalue weighted by molar-refractivity contribution is 0.403. The maximum atomic E-state index is 13.5. The maximum absolute atomic E-state index is 13.5. The Bertz CT molecular complexity index is 697. The molecule has 0 amide bonds. The number of hydrogen-bond donors (Lipinski definition) is 1. The van der Waals surface area contributed by atoms with Gasteiger partial charge in [-0.05, 0) is 61.1 Å². The van der Waals surface area contributed by atoms with Crippen LogP contribution in [0.15, 0.2) is 36.4 Å². The smallest absolute Gasteiger partial charge is 0.142 e. The Hall–Kier alpha value is -1.45. The largest absolute Gasteiger partial charge is 0.399 e. The summed E-state index contributed by atoms with van der Waals surface area (Å²) in [5, 5.41) is 0.879. The van der Waals surface area contributed by atoms with Crippen molar-refractivity contribution in [1.82, 2.24) is 0 Å². The molecule has 0 aromatic heterocycles. The van der Waals surface area contributed by atoms with Gasteiger partial charge in [0.25, 0.3) is 0 Å². The van der Waals surface area contributed by atoms with Gasteiger partial charge in [-0.3, -0.25) is 0 Å². The lowest BCUT2D eigenvalue weighted by Crippen LogP contribution is -2.34. The van der Waals surface area contributed by atoms with Crippen LogP contribution in [0.25, 0.3) is 0 Å². The van der Waals surface area contributed by atoms with Crippen LogP contribution < -0.4 is 10.6 Å². The molecular formula is C18H19Cl2FN2. The number of piperidine rings is 1. The van der Waals surface area contributed by atoms with Gasteiger partial charge in [0.2, 0.25) is 0 Å². The molecule has 0 bridgehead atoms. The molecule has 0 atom stereocenters. The van der Waals surface area contributed by atoms with E-state index in [0.29, 0.717) is 16.6 Å². The summed E-state index contributed by atoms with van der Waals surface area (Å²) >= 11 is 12.0. The first-order chi connectivity index (χ1) is 11.0. The van der Waals surface area contributed by atoms with Gasteiger partial charge in [-0.2, -0.15) is 0 Å². The van der Waals surface area contributed by atoms with Crippen LogP contribution in [-0.4, -0.2) is 13.1 Å². The number of nitrogens with two attached hydrogens (primary N) is 1. The second-order valence-electron chi connectivity index (χ2n) is 6.09. The molecule has 0 aliphatic carbocycles. The minimum Gasteiger partial charge on any atom is -0.399 e. The Morgan fingerprint density at radius 2 is 1.78 bits per heavy atom. The van der Waals surface area contributed by atoms with E-state index in [-0.39, 0.29) is 10.8 Å². The van der Waals surface area contributed by atoms with E-state index in [1.165, 1.54) is 0 Å². The highest BCUT2D eigenvalue weighted by Crippen LogP contribution is 2.32. The summed E-state index contributed by atoms with van der Waals surface area (Å²) in [4.78, 5) is 2.29. The van der Waals surface area contributed by atoms with E-state index in [0.717, 1.165) is 43.6 Å². The van der Waals surface area contributed by atoms with Crippen molar-refractivity contribution in [1.29, 1.82) is 0 Å². The first kappa shape index (κ1) is 16.4. The Balaban J connectivity index is 1.60. The summed E-state index contributed by atoms with van der Waals surface area (Å²) < 4.78 is 13.5. The van der Waals surface area contributed by atoms with E-state index in [9.17, 15) is 4.39 Å². The lowest BCUT2D eigenvalue weighted by atomic mass is 9.90. The molecule has 1 aliphatic rings. The predicted octanol–water partition coefficient (Wildman–Crippen LogP) is 5.17. The van der Waals surface area contributed by atoms with E-state index in [1.54, 1.807) is 18.2 Å². The molecule has 23 heavy (non-hydrogen) atoms. The predicted molar refractivity (Wildman–Crippen MR) is 95.9 cm³/mol. The molecule has 0 spiro atoms. The third-order valence-electron chi connectivity index (χ3n) is 4.44. The second-order valence-corrected chi connectivity index (χ2v) is 6.91. The molecule has 122 valence electrons. The summed E-state index contributed by atoms with van der Waals surface area (Å²) in [6, 6.07) is 10.7. The summed E-state index contributed by atoms with van der Waals surface area (Å²) in [6.45, 7) is 1.90. The SMILES string of the molecule is Nc1ccc(N2CCC(Cc3ccc(Cl)c(F)c3)CC2)c(Cl)c1. The number of hydrogen-bond acceptors (Lipinski definition) is 2. The molecule has 2 N–H and O–H groups in total. The van der Waals surface area contributed by atoms with E-state index in [4.69, 9.17) is 28.9 Å². The molecule has 2 aromatic carbocycles. The van der Waals surface area contributed by atoms with Crippen molar-refractivity contribution in [2.24, 2.45) is 5.92 Å². The quantitative estimate of drug-likeness (QED) is 0.771. The number of halogens is 3. The maximum Gasteiger partial charge on any atom is 0.142 e. The molecule has 2 nitrogen and oxygen atoms in total. The van der Waals surface area contributed by atoms with Crippen LogP contribution in [0.2, 0.25) is 10.0 Å². The van der Waals surface area contributed by atoms with E-state index < -0.39 is 0 Å². The topological polar surface area (TPSA) is 29.3 Å². The fourth-order valence-electron chi connectivity index (χ4n) is 3.16. The molecule has 5 heteroatoms. The number of benzene rings is 2. The summed E-state index contributed by atoms with van der Waals surface area (Å²) in [7, 11) is 0. The van der Waals surface area contributed by atoms with Crippen molar-refractivity contribution < 1.29 is 4.39 Å². The van der Waals surface area contributed by atoms with Crippen LogP contribution >= 0.6 is 23.2 Å². The van der Waals surface area contributed by atoms with Crippen LogP contribution in [-0.2, 0) is 6.42 Å². The molecule has 0 saturated carbocycles. The van der Waals surface area contributed by atoms with Gasteiger partial charge >= 0.3 is 0 Å². The normalized spacial score (nSPS) is 15.9. The minimum atomic E-state index is -0.338. The number of nitrogen functional groups attached to an aromatic ring is 1. The van der Waals surface area contributed by atoms with Crippen LogP contribution in [0.1, 0.15) is 18.4 Å². The van der Waals surface area contributed by atoms with Crippen LogP contribution in [0, 0.1) is 11.7 Å². The third kappa shape index (κ3) is 3.91. The third-order valence-corrected chi connectivity index (χ3v) is 5.04. The highest BCUT2D eigenvalue weighted by atomic mass is 35.5. The lowest BCUT2D eigenvalue weighted by Gasteiger charge is -2.34. The summed E-state index contributed by atoms with van der Waals surface area (Å²) in [5.74, 6) is 0.217. The van der Waals surface area contributed by atoms with Crippen molar-refractivity contribution in [3.05, 3.63) is 57.8 Å². The molecule has 2 aromatic rings. The minimum absolute atomic E-state index is 0.182. The molecular weight excluding hydrogens is 334 g/mol. The average Bonchev–Trinajstić information content (AvgIpc) is 2.52. The molecule has 0 unspecified atom stereocenters. The molecule has 1 aliphatic heterocycles. The van der Waals surface area contributed by atoms with E-state index in [2.05, 4.69) is 4.90 Å². The zero-order valence-electron chi connectivity index (χ0n) is 12.7. The molecule has 1 saturated heterocycles. The van der Waals surface area contributed by atoms with Crippen LogP contribution in [0.3, 0.4) is 0 Å². The van der Waals surface area contributed by atoms with Crippen LogP contribution in [0.5, 0.6) is 0 Å². The Morgan fingerprint density at radius 1 is 1.04 bits per heavy atom. The van der Waals surface area contributed by atoms with Crippen molar-refractivity contribution in [3.8, 4) is 0 Å². The number of nitrogens with zero attached hydrogens (tertiary/aromatic N) is 1. The van der Waals surface area contributed by atoms with Crippen molar-refractivity contribution in [2.45, 2.75) is 19.3 Å².